The number of oxazole rings is 1. The molecule has 1 saturated heterocycles. The molecular weight excluding hydrogens is 512 g/mol. The van der Waals surface area contributed by atoms with Crippen molar-refractivity contribution in [3.05, 3.63) is 75.7 Å². The van der Waals surface area contributed by atoms with Crippen molar-refractivity contribution in [3.63, 3.8) is 0 Å². The van der Waals surface area contributed by atoms with Gasteiger partial charge in [-0.2, -0.15) is 0 Å². The Hall–Kier alpha value is -4.67. The Labute approximate surface area is 230 Å². The van der Waals surface area contributed by atoms with E-state index < -0.39 is 5.76 Å². The van der Waals surface area contributed by atoms with Gasteiger partial charge in [-0.1, -0.05) is 0 Å². The Balaban J connectivity index is 1.14. The monoisotopic (exact) mass is 542 g/mol. The van der Waals surface area contributed by atoms with Crippen LogP contribution in [0.2, 0.25) is 0 Å². The lowest BCUT2D eigenvalue weighted by Gasteiger charge is -2.38. The lowest BCUT2D eigenvalue weighted by atomic mass is 10.0. The number of fused-ring (bicyclic) bond motifs is 2. The molecule has 0 aliphatic carbocycles. The highest BCUT2D eigenvalue weighted by molar-refractivity contribution is 6.09. The molecule has 1 N–H and O–H groups in total. The number of hydrogen-bond donors (Lipinski definition) is 1. The lowest BCUT2D eigenvalue weighted by molar-refractivity contribution is 0.103. The number of hydrogen-bond acceptors (Lipinski definition) is 8. The van der Waals surface area contributed by atoms with E-state index in [1.54, 1.807) is 32.4 Å². The number of carbonyl (C=O) groups is 2. The molecule has 4 aromatic rings. The molecule has 0 radical (unpaired) electrons. The molecule has 40 heavy (non-hydrogen) atoms. The van der Waals surface area contributed by atoms with Crippen molar-refractivity contribution in [3.8, 4) is 5.75 Å². The fraction of sp³-hybridized carbons (Fsp3) is 0.345. The van der Waals surface area contributed by atoms with E-state index in [0.717, 1.165) is 41.8 Å². The maximum atomic E-state index is 13.3. The summed E-state index contributed by atoms with van der Waals surface area (Å²) in [6, 6.07) is 10.8. The number of carbonyl (C=O) groups excluding carboxylic acids is 2. The van der Waals surface area contributed by atoms with E-state index in [2.05, 4.69) is 20.2 Å². The molecule has 0 atom stereocenters. The number of benzene rings is 2. The molecule has 2 aliphatic rings. The van der Waals surface area contributed by atoms with Gasteiger partial charge in [0.1, 0.15) is 23.6 Å². The maximum Gasteiger partial charge on any atom is 0.419 e. The molecule has 2 aromatic carbocycles. The van der Waals surface area contributed by atoms with Gasteiger partial charge in [-0.05, 0) is 67.6 Å². The van der Waals surface area contributed by atoms with E-state index in [1.165, 1.54) is 10.9 Å². The van der Waals surface area contributed by atoms with E-state index in [-0.39, 0.29) is 23.6 Å². The molecule has 0 saturated carbocycles. The summed E-state index contributed by atoms with van der Waals surface area (Å²) in [6.07, 6.45) is 3.71. The Morgan fingerprint density at radius 3 is 2.65 bits per heavy atom. The number of methoxy groups -OCH3 is 1. The second-order valence-corrected chi connectivity index (χ2v) is 10.3. The smallest absolute Gasteiger partial charge is 0.419 e. The molecule has 1 fully saturated rings. The molecule has 0 spiro atoms. The summed E-state index contributed by atoms with van der Waals surface area (Å²) in [7, 11) is 3.27. The number of piperidine rings is 1. The van der Waals surface area contributed by atoms with Crippen molar-refractivity contribution in [1.29, 1.82) is 0 Å². The highest BCUT2D eigenvalue weighted by Crippen LogP contribution is 2.29. The standard InChI is InChI=1S/C29H30N6O5/c1-17-12-19(14-24-26(17)33(2)29(38)40-24)27(36)23-15-25(31-16-30-23)34-9-7-20(8-10-34)35-11-6-18-13-21(39-3)4-5-22(18)32-28(35)37/h4-5,12-16,20H,6-11H2,1-3H3,(H,32,37). The third-order valence-electron chi connectivity index (χ3n) is 7.89. The summed E-state index contributed by atoms with van der Waals surface area (Å²) >= 11 is 0. The van der Waals surface area contributed by atoms with Crippen molar-refractivity contribution < 1.29 is 18.7 Å². The molecule has 0 bridgehead atoms. The van der Waals surface area contributed by atoms with Crippen molar-refractivity contribution in [1.82, 2.24) is 19.4 Å². The van der Waals surface area contributed by atoms with Crippen molar-refractivity contribution >= 4 is 34.4 Å². The molecule has 0 unspecified atom stereocenters. The molecular formula is C29H30N6O5. The number of urea groups is 1. The highest BCUT2D eigenvalue weighted by Gasteiger charge is 2.31. The van der Waals surface area contributed by atoms with Crippen LogP contribution in [0.25, 0.3) is 11.1 Å². The summed E-state index contributed by atoms with van der Waals surface area (Å²) in [5.41, 5.74) is 4.35. The van der Waals surface area contributed by atoms with Crippen LogP contribution in [-0.2, 0) is 13.5 Å². The average molecular weight is 543 g/mol. The molecule has 11 heteroatoms. The van der Waals surface area contributed by atoms with Gasteiger partial charge in [0.15, 0.2) is 5.58 Å². The fourth-order valence-electron chi connectivity index (χ4n) is 5.74. The van der Waals surface area contributed by atoms with Gasteiger partial charge in [-0.15, -0.1) is 0 Å². The number of rotatable bonds is 5. The van der Waals surface area contributed by atoms with Crippen LogP contribution in [0.15, 0.2) is 51.9 Å². The van der Waals surface area contributed by atoms with Gasteiger partial charge < -0.3 is 24.3 Å². The number of nitrogens with zero attached hydrogens (tertiary/aromatic N) is 5. The van der Waals surface area contributed by atoms with Gasteiger partial charge in [0.2, 0.25) is 5.78 Å². The van der Waals surface area contributed by atoms with Gasteiger partial charge in [-0.3, -0.25) is 9.36 Å². The Kier molecular flexibility index (Phi) is 6.49. The minimum atomic E-state index is -0.474. The average Bonchev–Trinajstić information content (AvgIpc) is 3.15. The first kappa shape index (κ1) is 25.6. The summed E-state index contributed by atoms with van der Waals surface area (Å²) in [5.74, 6) is 0.700. The first-order valence-electron chi connectivity index (χ1n) is 13.3. The minimum absolute atomic E-state index is 0.0844. The predicted octanol–water partition coefficient (Wildman–Crippen LogP) is 3.53. The van der Waals surface area contributed by atoms with E-state index in [0.29, 0.717) is 42.1 Å². The second-order valence-electron chi connectivity index (χ2n) is 10.3. The topological polar surface area (TPSA) is 123 Å². The van der Waals surface area contributed by atoms with Crippen LogP contribution >= 0.6 is 0 Å². The molecule has 2 aliphatic heterocycles. The Morgan fingerprint density at radius 2 is 1.88 bits per heavy atom. The third kappa shape index (κ3) is 4.57. The first-order chi connectivity index (χ1) is 19.3. The van der Waals surface area contributed by atoms with Crippen molar-refractivity contribution in [2.75, 3.05) is 37.0 Å². The highest BCUT2D eigenvalue weighted by atomic mass is 16.5. The van der Waals surface area contributed by atoms with E-state index >= 15 is 0 Å². The number of aromatic nitrogens is 3. The summed E-state index contributed by atoms with van der Waals surface area (Å²) in [4.78, 5) is 51.0. The number of amides is 2. The number of anilines is 2. The minimum Gasteiger partial charge on any atom is -0.497 e. The largest absolute Gasteiger partial charge is 0.497 e. The molecule has 2 aromatic heterocycles. The Bertz CT molecular complexity index is 1680. The molecule has 6 rings (SSSR count). The van der Waals surface area contributed by atoms with Crippen LogP contribution in [0.3, 0.4) is 0 Å². The van der Waals surface area contributed by atoms with E-state index in [4.69, 9.17) is 9.15 Å². The zero-order valence-electron chi connectivity index (χ0n) is 22.6. The van der Waals surface area contributed by atoms with Crippen LogP contribution in [0, 0.1) is 6.92 Å². The Morgan fingerprint density at radius 1 is 1.07 bits per heavy atom. The lowest BCUT2D eigenvalue weighted by Crippen LogP contribution is -2.49. The summed E-state index contributed by atoms with van der Waals surface area (Å²) < 4.78 is 12.1. The normalized spacial score (nSPS) is 16.0. The molecule has 4 heterocycles. The van der Waals surface area contributed by atoms with Crippen LogP contribution in [-0.4, -0.2) is 64.0 Å². The number of aryl methyl sites for hydroxylation is 2. The maximum absolute atomic E-state index is 13.3. The van der Waals surface area contributed by atoms with Crippen molar-refractivity contribution in [2.24, 2.45) is 7.05 Å². The van der Waals surface area contributed by atoms with Gasteiger partial charge in [-0.25, -0.2) is 19.6 Å². The van der Waals surface area contributed by atoms with Gasteiger partial charge in [0.05, 0.1) is 12.6 Å². The molecule has 206 valence electrons. The fourth-order valence-corrected chi connectivity index (χ4v) is 5.74. The zero-order valence-corrected chi connectivity index (χ0v) is 22.6. The van der Waals surface area contributed by atoms with Crippen LogP contribution in [0.5, 0.6) is 5.75 Å². The number of ether oxygens (including phenoxy) is 1. The van der Waals surface area contributed by atoms with Crippen LogP contribution in [0.4, 0.5) is 16.3 Å². The quantitative estimate of drug-likeness (QED) is 0.380. The van der Waals surface area contributed by atoms with E-state index in [9.17, 15) is 14.4 Å². The van der Waals surface area contributed by atoms with E-state index in [1.807, 2.05) is 30.0 Å². The van der Waals surface area contributed by atoms with Gasteiger partial charge >= 0.3 is 11.8 Å². The zero-order chi connectivity index (χ0) is 28.0. The predicted molar refractivity (Wildman–Crippen MR) is 149 cm³/mol. The van der Waals surface area contributed by atoms with Gasteiger partial charge in [0, 0.05) is 50.0 Å². The van der Waals surface area contributed by atoms with Crippen LogP contribution in [0.1, 0.15) is 40.0 Å². The second kappa shape index (κ2) is 10.1. The number of nitrogens with one attached hydrogen (secondary N) is 1. The first-order valence-corrected chi connectivity index (χ1v) is 13.3. The summed E-state index contributed by atoms with van der Waals surface area (Å²) in [6.45, 7) is 3.86. The molecule has 11 nitrogen and oxygen atoms in total. The third-order valence-corrected chi connectivity index (χ3v) is 7.89. The number of ketones is 1. The van der Waals surface area contributed by atoms with Crippen molar-refractivity contribution in [2.45, 2.75) is 32.2 Å². The SMILES string of the molecule is COc1ccc2c(c1)CCN(C1CCN(c3cc(C(=O)c4cc(C)c5c(c4)oc(=O)n5C)ncn3)CC1)C(=O)N2. The molecule has 2 amide bonds. The van der Waals surface area contributed by atoms with Crippen LogP contribution < -0.4 is 20.7 Å². The van der Waals surface area contributed by atoms with Gasteiger partial charge in [0.25, 0.3) is 0 Å². The summed E-state index contributed by atoms with van der Waals surface area (Å²) in [5, 5.41) is 3.05.